The van der Waals surface area contributed by atoms with E-state index >= 15 is 0 Å². The first kappa shape index (κ1) is 36.3. The Hall–Kier alpha value is -5.66. The maximum Gasteiger partial charge on any atom is 0.0547 e. The quantitative estimate of drug-likeness (QED) is 0.126. The number of aromatic nitrogens is 1. The highest BCUT2D eigenvalue weighted by molar-refractivity contribution is 6.11. The Kier molecular flexibility index (Phi) is 10.3. The van der Waals surface area contributed by atoms with Crippen molar-refractivity contribution in [2.75, 3.05) is 0 Å². The molecule has 1 heterocycles. The molecule has 0 unspecified atom stereocenters. The number of hydrogen-bond donors (Lipinski definition) is 0. The average Bonchev–Trinajstić information content (AvgIpc) is 3.52. The molecule has 0 aliphatic heterocycles. The van der Waals surface area contributed by atoms with E-state index in [1.54, 1.807) is 0 Å². The van der Waals surface area contributed by atoms with E-state index in [9.17, 15) is 0 Å². The van der Waals surface area contributed by atoms with Gasteiger partial charge in [-0.25, -0.2) is 0 Å². The third-order valence-electron chi connectivity index (χ3n) is 11.6. The maximum atomic E-state index is 2.49. The summed E-state index contributed by atoms with van der Waals surface area (Å²) in [5, 5.41) is 2.57. The molecule has 0 amide bonds. The van der Waals surface area contributed by atoms with Crippen LogP contribution in [0.2, 0.25) is 0 Å². The number of hydrogen-bond acceptors (Lipinski definition) is 0. The lowest BCUT2D eigenvalue weighted by Crippen LogP contribution is -1.96. The molecule has 0 spiro atoms. The fourth-order valence-corrected chi connectivity index (χ4v) is 8.72. The first-order valence-electron chi connectivity index (χ1n) is 20.4. The highest BCUT2D eigenvalue weighted by atomic mass is 15.0. The number of fused-ring (bicyclic) bond motifs is 3. The van der Waals surface area contributed by atoms with E-state index < -0.39 is 0 Å². The molecule has 0 saturated heterocycles. The molecule has 1 heteroatoms. The predicted octanol–water partition coefficient (Wildman–Crippen LogP) is 15.4. The largest absolute Gasteiger partial charge is 0.309 e. The molecule has 274 valence electrons. The van der Waals surface area contributed by atoms with Crippen molar-refractivity contribution in [2.24, 2.45) is 0 Å². The van der Waals surface area contributed by atoms with Gasteiger partial charge in [-0.1, -0.05) is 153 Å². The Bertz CT molecular complexity index is 2490. The zero-order valence-corrected chi connectivity index (χ0v) is 33.5. The van der Waals surface area contributed by atoms with Crippen LogP contribution in [0.25, 0.3) is 72.0 Å². The molecule has 7 aromatic carbocycles. The summed E-state index contributed by atoms with van der Waals surface area (Å²) in [5.74, 6) is 0. The van der Waals surface area contributed by atoms with Crippen LogP contribution in [0, 0.1) is 27.7 Å². The lowest BCUT2D eigenvalue weighted by molar-refractivity contribution is 0.796. The Morgan fingerprint density at radius 1 is 0.400 bits per heavy atom. The van der Waals surface area contributed by atoms with Gasteiger partial charge in [0.15, 0.2) is 0 Å². The van der Waals surface area contributed by atoms with Crippen LogP contribution in [-0.4, -0.2) is 4.57 Å². The second-order valence-electron chi connectivity index (χ2n) is 15.7. The molecule has 55 heavy (non-hydrogen) atoms. The summed E-state index contributed by atoms with van der Waals surface area (Å²) >= 11 is 0. The first-order chi connectivity index (χ1) is 26.8. The summed E-state index contributed by atoms with van der Waals surface area (Å²) in [6, 6.07) is 53.1. The van der Waals surface area contributed by atoms with Crippen LogP contribution < -0.4 is 0 Å². The highest BCUT2D eigenvalue weighted by Crippen LogP contribution is 2.40. The zero-order chi connectivity index (χ0) is 38.1. The van der Waals surface area contributed by atoms with Gasteiger partial charge in [0.25, 0.3) is 0 Å². The van der Waals surface area contributed by atoms with Gasteiger partial charge in [-0.3, -0.25) is 0 Å². The predicted molar refractivity (Wildman–Crippen MR) is 239 cm³/mol. The lowest BCUT2D eigenvalue weighted by Gasteiger charge is -2.15. The molecule has 0 N–H and O–H groups in total. The van der Waals surface area contributed by atoms with Gasteiger partial charge in [0.2, 0.25) is 0 Å². The Morgan fingerprint density at radius 2 is 0.818 bits per heavy atom. The monoisotopic (exact) mass is 715 g/mol. The molecule has 0 saturated carbocycles. The Labute approximate surface area is 328 Å². The first-order valence-corrected chi connectivity index (χ1v) is 20.4. The average molecular weight is 716 g/mol. The van der Waals surface area contributed by atoms with Crippen molar-refractivity contribution in [3.63, 3.8) is 0 Å². The number of unbranched alkanes of at least 4 members (excludes halogenated alkanes) is 2. The molecular weight excluding hydrogens is 663 g/mol. The standard InChI is InChI=1S/C54H53N/c1-7-9-14-40-32-42(47-24-18-36(3)30-38(47)5)20-26-49(40)44-22-28-51-52-29-23-45(35-54(52)55(53(51)34-44)46-16-12-11-13-17-46)50-27-21-43(33-41(50)15-10-8-2)48-25-19-37(4)31-39(48)6/h11-13,16-35H,7-10,14-15H2,1-6H3. The van der Waals surface area contributed by atoms with Crippen molar-refractivity contribution in [1.29, 1.82) is 0 Å². The normalized spacial score (nSPS) is 11.5. The number of rotatable bonds is 11. The highest BCUT2D eigenvalue weighted by Gasteiger charge is 2.18. The summed E-state index contributed by atoms with van der Waals surface area (Å²) in [4.78, 5) is 0. The molecular formula is C54H53N. The summed E-state index contributed by atoms with van der Waals surface area (Å²) in [6.45, 7) is 13.4. The van der Waals surface area contributed by atoms with E-state index in [2.05, 4.69) is 186 Å². The number of para-hydroxylation sites is 1. The van der Waals surface area contributed by atoms with Crippen molar-refractivity contribution in [1.82, 2.24) is 4.57 Å². The molecule has 0 fully saturated rings. The summed E-state index contributed by atoms with van der Waals surface area (Å²) in [7, 11) is 0. The van der Waals surface area contributed by atoms with Gasteiger partial charge in [-0.2, -0.15) is 0 Å². The van der Waals surface area contributed by atoms with E-state index in [1.165, 1.54) is 131 Å². The summed E-state index contributed by atoms with van der Waals surface area (Å²) in [5.41, 5.74) is 22.3. The number of nitrogens with zero attached hydrogens (tertiary/aromatic N) is 1. The molecule has 1 aromatic heterocycles. The van der Waals surface area contributed by atoms with Crippen LogP contribution in [-0.2, 0) is 12.8 Å². The number of aryl methyl sites for hydroxylation is 6. The SMILES string of the molecule is CCCCc1cc(-c2ccc(C)cc2C)ccc1-c1ccc2c3ccc(-c4ccc(-c5ccc(C)cc5C)cc4CCCC)cc3n(-c3ccccc3)c2c1. The van der Waals surface area contributed by atoms with Crippen molar-refractivity contribution in [3.8, 4) is 50.2 Å². The number of benzene rings is 7. The lowest BCUT2D eigenvalue weighted by atomic mass is 9.90. The van der Waals surface area contributed by atoms with Crippen molar-refractivity contribution in [3.05, 3.63) is 173 Å². The van der Waals surface area contributed by atoms with Crippen LogP contribution in [0.5, 0.6) is 0 Å². The van der Waals surface area contributed by atoms with Crippen molar-refractivity contribution < 1.29 is 0 Å². The molecule has 0 radical (unpaired) electrons. The summed E-state index contributed by atoms with van der Waals surface area (Å²) < 4.78 is 2.49. The van der Waals surface area contributed by atoms with Crippen LogP contribution in [0.1, 0.15) is 72.9 Å². The van der Waals surface area contributed by atoms with Crippen LogP contribution in [0.3, 0.4) is 0 Å². The fraction of sp³-hybridized carbons (Fsp3) is 0.222. The summed E-state index contributed by atoms with van der Waals surface area (Å²) in [6.07, 6.45) is 6.82. The third kappa shape index (κ3) is 7.17. The van der Waals surface area contributed by atoms with Crippen LogP contribution in [0.4, 0.5) is 0 Å². The molecule has 1 nitrogen and oxygen atoms in total. The van der Waals surface area contributed by atoms with Gasteiger partial charge in [-0.15, -0.1) is 0 Å². The van der Waals surface area contributed by atoms with E-state index in [4.69, 9.17) is 0 Å². The fourth-order valence-electron chi connectivity index (χ4n) is 8.72. The molecule has 0 aliphatic carbocycles. The molecule has 0 aliphatic rings. The van der Waals surface area contributed by atoms with E-state index in [0.717, 1.165) is 12.8 Å². The van der Waals surface area contributed by atoms with E-state index in [-0.39, 0.29) is 0 Å². The van der Waals surface area contributed by atoms with Crippen molar-refractivity contribution >= 4 is 21.8 Å². The van der Waals surface area contributed by atoms with Gasteiger partial charge >= 0.3 is 0 Å². The zero-order valence-electron chi connectivity index (χ0n) is 33.5. The van der Waals surface area contributed by atoms with Crippen LogP contribution >= 0.6 is 0 Å². The minimum absolute atomic E-state index is 1.07. The minimum atomic E-state index is 1.07. The van der Waals surface area contributed by atoms with E-state index in [0.29, 0.717) is 0 Å². The third-order valence-corrected chi connectivity index (χ3v) is 11.6. The molecule has 8 aromatic rings. The van der Waals surface area contributed by atoms with E-state index in [1.807, 2.05) is 0 Å². The molecule has 0 atom stereocenters. The van der Waals surface area contributed by atoms with Gasteiger partial charge in [0, 0.05) is 16.5 Å². The second kappa shape index (κ2) is 15.6. The maximum absolute atomic E-state index is 2.49. The molecule has 0 bridgehead atoms. The van der Waals surface area contributed by atoms with Crippen molar-refractivity contribution in [2.45, 2.75) is 80.1 Å². The topological polar surface area (TPSA) is 4.93 Å². The van der Waals surface area contributed by atoms with Gasteiger partial charge in [0.05, 0.1) is 11.0 Å². The Balaban J connectivity index is 1.28. The van der Waals surface area contributed by atoms with Crippen LogP contribution in [0.15, 0.2) is 140 Å². The molecule has 8 rings (SSSR count). The van der Waals surface area contributed by atoms with Gasteiger partial charge < -0.3 is 4.57 Å². The smallest absolute Gasteiger partial charge is 0.0547 e. The second-order valence-corrected chi connectivity index (χ2v) is 15.7. The van der Waals surface area contributed by atoms with Gasteiger partial charge in [-0.05, 0) is 144 Å². The van der Waals surface area contributed by atoms with Gasteiger partial charge in [0.1, 0.15) is 0 Å². The minimum Gasteiger partial charge on any atom is -0.309 e. The Morgan fingerprint density at radius 3 is 1.25 bits per heavy atom.